The van der Waals surface area contributed by atoms with E-state index in [4.69, 9.17) is 4.74 Å². The zero-order valence-electron chi connectivity index (χ0n) is 14.9. The van der Waals surface area contributed by atoms with Crippen molar-refractivity contribution in [3.05, 3.63) is 0 Å². The van der Waals surface area contributed by atoms with Gasteiger partial charge in [-0.3, -0.25) is 0 Å². The molecule has 0 bridgehead atoms. The molecular formula is C19H37NO. The number of nitrogens with zero attached hydrogens (tertiary/aromatic N) is 1. The summed E-state index contributed by atoms with van der Waals surface area (Å²) in [6.45, 7) is 14.2. The van der Waals surface area contributed by atoms with Gasteiger partial charge in [0.15, 0.2) is 0 Å². The van der Waals surface area contributed by atoms with Gasteiger partial charge in [0.05, 0.1) is 12.7 Å². The van der Waals surface area contributed by atoms with E-state index in [-0.39, 0.29) is 0 Å². The molecule has 1 aliphatic carbocycles. The fourth-order valence-corrected chi connectivity index (χ4v) is 3.93. The first kappa shape index (κ1) is 17.3. The molecule has 0 unspecified atom stereocenters. The second kappa shape index (κ2) is 7.97. The third kappa shape index (κ3) is 5.25. The molecule has 1 aliphatic heterocycles. The maximum atomic E-state index is 6.17. The van der Waals surface area contributed by atoms with E-state index >= 15 is 0 Å². The average Bonchev–Trinajstić information content (AvgIpc) is 2.50. The molecule has 21 heavy (non-hydrogen) atoms. The molecule has 2 aliphatic rings. The van der Waals surface area contributed by atoms with Gasteiger partial charge >= 0.3 is 0 Å². The molecule has 2 fully saturated rings. The van der Waals surface area contributed by atoms with Crippen LogP contribution in [-0.2, 0) is 4.74 Å². The number of hydrogen-bond acceptors (Lipinski definition) is 2. The fourth-order valence-electron chi connectivity index (χ4n) is 3.93. The predicted molar refractivity (Wildman–Crippen MR) is 90.6 cm³/mol. The van der Waals surface area contributed by atoms with E-state index in [1.54, 1.807) is 0 Å². The van der Waals surface area contributed by atoms with Crippen LogP contribution in [0, 0.1) is 17.3 Å². The average molecular weight is 296 g/mol. The largest absolute Gasteiger partial charge is 0.377 e. The van der Waals surface area contributed by atoms with Crippen molar-refractivity contribution in [1.29, 1.82) is 0 Å². The molecule has 2 nitrogen and oxygen atoms in total. The fraction of sp³-hybridized carbons (Fsp3) is 1.00. The molecule has 1 saturated carbocycles. The maximum absolute atomic E-state index is 6.17. The first-order valence-electron chi connectivity index (χ1n) is 9.35. The molecule has 1 heterocycles. The third-order valence-electron chi connectivity index (χ3n) is 6.33. The van der Waals surface area contributed by atoms with Gasteiger partial charge in [-0.25, -0.2) is 0 Å². The number of hydrogen-bond donors (Lipinski definition) is 0. The monoisotopic (exact) mass is 295 g/mol. The lowest BCUT2D eigenvalue weighted by atomic mass is 9.69. The highest BCUT2D eigenvalue weighted by Crippen LogP contribution is 2.40. The Balaban J connectivity index is 1.59. The molecule has 2 rings (SSSR count). The summed E-state index contributed by atoms with van der Waals surface area (Å²) in [7, 11) is 0. The van der Waals surface area contributed by atoms with Gasteiger partial charge in [0.25, 0.3) is 0 Å². The molecule has 0 aromatic rings. The van der Waals surface area contributed by atoms with Gasteiger partial charge in [-0.2, -0.15) is 0 Å². The summed E-state index contributed by atoms with van der Waals surface area (Å²) in [5.41, 5.74) is 0.523. The quantitative estimate of drug-likeness (QED) is 0.702. The number of piperidine rings is 1. The number of rotatable bonds is 6. The smallest absolute Gasteiger partial charge is 0.0597 e. The van der Waals surface area contributed by atoms with Crippen molar-refractivity contribution >= 4 is 0 Å². The molecule has 0 aromatic heterocycles. The van der Waals surface area contributed by atoms with Gasteiger partial charge in [0.2, 0.25) is 0 Å². The van der Waals surface area contributed by atoms with Crippen molar-refractivity contribution in [3.8, 4) is 0 Å². The van der Waals surface area contributed by atoms with Crippen molar-refractivity contribution in [3.63, 3.8) is 0 Å². The molecule has 2 heteroatoms. The first-order chi connectivity index (χ1) is 10.0. The molecule has 0 spiro atoms. The van der Waals surface area contributed by atoms with E-state index in [0.29, 0.717) is 11.5 Å². The lowest BCUT2D eigenvalue weighted by Gasteiger charge is -2.39. The normalized spacial score (nSPS) is 29.7. The Labute approximate surface area is 132 Å². The minimum atomic E-state index is 0.523. The van der Waals surface area contributed by atoms with Gasteiger partial charge in [-0.05, 0) is 68.9 Å². The van der Waals surface area contributed by atoms with Gasteiger partial charge in [-0.15, -0.1) is 0 Å². The predicted octanol–water partition coefficient (Wildman–Crippen LogP) is 4.73. The first-order valence-corrected chi connectivity index (χ1v) is 9.35. The summed E-state index contributed by atoms with van der Waals surface area (Å²) in [5, 5.41) is 0. The van der Waals surface area contributed by atoms with Crippen LogP contribution in [0.25, 0.3) is 0 Å². The van der Waals surface area contributed by atoms with Gasteiger partial charge in [-0.1, -0.05) is 34.1 Å². The van der Waals surface area contributed by atoms with Crippen LogP contribution in [0.4, 0.5) is 0 Å². The van der Waals surface area contributed by atoms with E-state index in [0.717, 1.165) is 25.0 Å². The Morgan fingerprint density at radius 1 is 1.00 bits per heavy atom. The topological polar surface area (TPSA) is 12.5 Å². The van der Waals surface area contributed by atoms with E-state index in [9.17, 15) is 0 Å². The zero-order valence-corrected chi connectivity index (χ0v) is 14.9. The van der Waals surface area contributed by atoms with Crippen LogP contribution in [0.2, 0.25) is 0 Å². The van der Waals surface area contributed by atoms with Crippen LogP contribution in [0.1, 0.15) is 72.6 Å². The van der Waals surface area contributed by atoms with Crippen LogP contribution in [0.5, 0.6) is 0 Å². The van der Waals surface area contributed by atoms with E-state index in [1.807, 2.05) is 0 Å². The summed E-state index contributed by atoms with van der Waals surface area (Å²) < 4.78 is 6.17. The number of ether oxygens (including phenoxy) is 1. The van der Waals surface area contributed by atoms with Gasteiger partial charge in [0, 0.05) is 6.54 Å². The van der Waals surface area contributed by atoms with Gasteiger partial charge < -0.3 is 9.64 Å². The van der Waals surface area contributed by atoms with Crippen LogP contribution < -0.4 is 0 Å². The molecule has 0 aromatic carbocycles. The highest BCUT2D eigenvalue weighted by Gasteiger charge is 2.32. The van der Waals surface area contributed by atoms with Crippen molar-refractivity contribution in [2.24, 2.45) is 17.3 Å². The minimum Gasteiger partial charge on any atom is -0.377 e. The van der Waals surface area contributed by atoms with E-state index in [1.165, 1.54) is 58.0 Å². The Morgan fingerprint density at radius 2 is 1.62 bits per heavy atom. The summed E-state index contributed by atoms with van der Waals surface area (Å²) >= 11 is 0. The molecule has 124 valence electrons. The summed E-state index contributed by atoms with van der Waals surface area (Å²) in [5.74, 6) is 1.84. The molecular weight excluding hydrogens is 258 g/mol. The second-order valence-electron chi connectivity index (χ2n) is 8.21. The van der Waals surface area contributed by atoms with Crippen molar-refractivity contribution in [2.75, 3.05) is 26.2 Å². The molecule has 0 N–H and O–H groups in total. The lowest BCUT2D eigenvalue weighted by Crippen LogP contribution is -2.36. The Kier molecular flexibility index (Phi) is 6.55. The highest BCUT2D eigenvalue weighted by molar-refractivity contribution is 4.83. The van der Waals surface area contributed by atoms with Crippen LogP contribution in [0.3, 0.4) is 0 Å². The zero-order chi connectivity index (χ0) is 15.3. The summed E-state index contributed by atoms with van der Waals surface area (Å²) in [6.07, 6.45) is 9.89. The number of likely N-dealkylation sites (tertiary alicyclic amines) is 1. The lowest BCUT2D eigenvalue weighted by molar-refractivity contribution is -0.00992. The highest BCUT2D eigenvalue weighted by atomic mass is 16.5. The van der Waals surface area contributed by atoms with Crippen molar-refractivity contribution < 1.29 is 4.74 Å². The van der Waals surface area contributed by atoms with E-state index < -0.39 is 0 Å². The maximum Gasteiger partial charge on any atom is 0.0597 e. The van der Waals surface area contributed by atoms with E-state index in [2.05, 4.69) is 32.6 Å². The molecule has 0 atom stereocenters. The SMILES string of the molecule is CCC(C)(C)C1CCC(OCCN2CCC(C)CC2)CC1. The van der Waals surface area contributed by atoms with Crippen LogP contribution in [0.15, 0.2) is 0 Å². The standard InChI is InChI=1S/C19H37NO/c1-5-19(3,4)17-6-8-18(9-7-17)21-15-14-20-12-10-16(2)11-13-20/h16-18H,5-15H2,1-4H3. The molecule has 0 amide bonds. The second-order valence-corrected chi connectivity index (χ2v) is 8.21. The Bertz CT molecular complexity index is 286. The Hall–Kier alpha value is -0.0800. The van der Waals surface area contributed by atoms with Crippen molar-refractivity contribution in [2.45, 2.75) is 78.7 Å². The van der Waals surface area contributed by atoms with Crippen LogP contribution in [-0.4, -0.2) is 37.2 Å². The van der Waals surface area contributed by atoms with Crippen molar-refractivity contribution in [1.82, 2.24) is 4.90 Å². The summed E-state index contributed by atoms with van der Waals surface area (Å²) in [6, 6.07) is 0. The minimum absolute atomic E-state index is 0.523. The summed E-state index contributed by atoms with van der Waals surface area (Å²) in [4.78, 5) is 2.59. The molecule has 0 radical (unpaired) electrons. The van der Waals surface area contributed by atoms with Gasteiger partial charge in [0.1, 0.15) is 0 Å². The Morgan fingerprint density at radius 3 is 2.19 bits per heavy atom. The van der Waals surface area contributed by atoms with Crippen LogP contribution >= 0.6 is 0 Å². The molecule has 1 saturated heterocycles. The third-order valence-corrected chi connectivity index (χ3v) is 6.33.